The van der Waals surface area contributed by atoms with Crippen LogP contribution in [-0.2, 0) is 11.3 Å². The van der Waals surface area contributed by atoms with E-state index in [0.717, 1.165) is 58.3 Å². The van der Waals surface area contributed by atoms with Crippen LogP contribution in [0.15, 0.2) is 27.4 Å². The summed E-state index contributed by atoms with van der Waals surface area (Å²) in [5.41, 5.74) is 1.44. The van der Waals surface area contributed by atoms with Crippen LogP contribution in [0.2, 0.25) is 0 Å². The van der Waals surface area contributed by atoms with Crippen molar-refractivity contribution in [1.82, 2.24) is 14.4 Å². The molecule has 7 heteroatoms. The minimum atomic E-state index is -0.560. The van der Waals surface area contributed by atoms with E-state index in [-0.39, 0.29) is 18.4 Å². The van der Waals surface area contributed by atoms with Gasteiger partial charge in [0.2, 0.25) is 5.91 Å². The quantitative estimate of drug-likeness (QED) is 0.840. The highest BCUT2D eigenvalue weighted by Gasteiger charge is 2.23. The maximum absolute atomic E-state index is 12.7. The van der Waals surface area contributed by atoms with Gasteiger partial charge in [-0.25, -0.2) is 4.79 Å². The molecule has 2 saturated heterocycles. The van der Waals surface area contributed by atoms with Crippen LogP contribution in [0.4, 0.5) is 0 Å². The number of hydrogen-bond acceptors (Lipinski definition) is 4. The SMILES string of the molecule is O=C(Cn1c(=O)oc2ccc(C(=O)N3CCCCC3)cc21)N1CCCC1. The Kier molecular flexibility index (Phi) is 4.53. The zero-order valence-corrected chi connectivity index (χ0v) is 14.8. The zero-order valence-electron chi connectivity index (χ0n) is 14.8. The number of likely N-dealkylation sites (tertiary alicyclic amines) is 2. The Morgan fingerprint density at radius 3 is 2.31 bits per heavy atom. The van der Waals surface area contributed by atoms with E-state index in [1.165, 1.54) is 4.57 Å². The Morgan fingerprint density at radius 1 is 0.923 bits per heavy atom. The Labute approximate surface area is 151 Å². The van der Waals surface area contributed by atoms with Crippen LogP contribution in [0.25, 0.3) is 11.1 Å². The van der Waals surface area contributed by atoms with E-state index in [2.05, 4.69) is 0 Å². The number of carbonyl (C=O) groups excluding carboxylic acids is 2. The van der Waals surface area contributed by atoms with Gasteiger partial charge in [-0.05, 0) is 50.3 Å². The van der Waals surface area contributed by atoms with E-state index in [0.29, 0.717) is 16.7 Å². The highest BCUT2D eigenvalue weighted by Crippen LogP contribution is 2.19. The standard InChI is InChI=1S/C19H23N3O4/c23-17(20-8-4-5-9-20)13-22-15-12-14(6-7-16(15)26-19(22)25)18(24)21-10-2-1-3-11-21/h6-7,12H,1-5,8-11,13H2. The predicted molar refractivity (Wildman–Crippen MR) is 96.0 cm³/mol. The first-order valence-corrected chi connectivity index (χ1v) is 9.34. The van der Waals surface area contributed by atoms with Crippen LogP contribution in [0, 0.1) is 0 Å². The van der Waals surface area contributed by atoms with Gasteiger partial charge in [-0.3, -0.25) is 14.2 Å². The van der Waals surface area contributed by atoms with E-state index in [9.17, 15) is 14.4 Å². The van der Waals surface area contributed by atoms with E-state index in [4.69, 9.17) is 4.42 Å². The van der Waals surface area contributed by atoms with Gasteiger partial charge in [0.15, 0.2) is 5.58 Å². The van der Waals surface area contributed by atoms with Crippen molar-refractivity contribution in [3.05, 3.63) is 34.3 Å². The second kappa shape index (κ2) is 6.97. The summed E-state index contributed by atoms with van der Waals surface area (Å²) >= 11 is 0. The first-order chi connectivity index (χ1) is 12.6. The monoisotopic (exact) mass is 357 g/mol. The van der Waals surface area contributed by atoms with Crippen molar-refractivity contribution in [2.24, 2.45) is 0 Å². The number of rotatable bonds is 3. The lowest BCUT2D eigenvalue weighted by Crippen LogP contribution is -2.35. The number of amides is 2. The van der Waals surface area contributed by atoms with Gasteiger partial charge in [0.25, 0.3) is 5.91 Å². The molecule has 2 amide bonds. The molecule has 2 aromatic rings. The van der Waals surface area contributed by atoms with Crippen molar-refractivity contribution in [2.75, 3.05) is 26.2 Å². The largest absolute Gasteiger partial charge is 0.420 e. The maximum atomic E-state index is 12.7. The minimum Gasteiger partial charge on any atom is -0.408 e. The Bertz CT molecular complexity index is 886. The molecule has 3 heterocycles. The lowest BCUT2D eigenvalue weighted by Gasteiger charge is -2.26. The lowest BCUT2D eigenvalue weighted by atomic mass is 10.1. The van der Waals surface area contributed by atoms with Crippen LogP contribution < -0.4 is 5.76 Å². The van der Waals surface area contributed by atoms with Gasteiger partial charge in [-0.1, -0.05) is 0 Å². The highest BCUT2D eigenvalue weighted by atomic mass is 16.4. The molecule has 4 rings (SSSR count). The summed E-state index contributed by atoms with van der Waals surface area (Å²) in [5, 5.41) is 0. The minimum absolute atomic E-state index is 0.0299. The summed E-state index contributed by atoms with van der Waals surface area (Å²) in [6.45, 7) is 2.96. The molecule has 0 aliphatic carbocycles. The van der Waals surface area contributed by atoms with Crippen molar-refractivity contribution in [1.29, 1.82) is 0 Å². The maximum Gasteiger partial charge on any atom is 0.420 e. The van der Waals surface area contributed by atoms with Gasteiger partial charge in [-0.15, -0.1) is 0 Å². The summed E-state index contributed by atoms with van der Waals surface area (Å²) in [7, 11) is 0. The molecule has 1 aromatic heterocycles. The summed E-state index contributed by atoms with van der Waals surface area (Å²) in [6.07, 6.45) is 5.20. The number of benzene rings is 1. The normalized spacial score (nSPS) is 17.8. The van der Waals surface area contributed by atoms with E-state index >= 15 is 0 Å². The third-order valence-corrected chi connectivity index (χ3v) is 5.31. The third-order valence-electron chi connectivity index (χ3n) is 5.31. The smallest absolute Gasteiger partial charge is 0.408 e. The van der Waals surface area contributed by atoms with E-state index in [1.807, 2.05) is 4.90 Å². The fourth-order valence-corrected chi connectivity index (χ4v) is 3.83. The molecule has 0 radical (unpaired) electrons. The lowest BCUT2D eigenvalue weighted by molar-refractivity contribution is -0.130. The molecule has 2 aliphatic rings. The number of carbonyl (C=O) groups is 2. The highest BCUT2D eigenvalue weighted by molar-refractivity contribution is 5.97. The molecular weight excluding hydrogens is 334 g/mol. The average Bonchev–Trinajstić information content (AvgIpc) is 3.30. The van der Waals surface area contributed by atoms with E-state index in [1.54, 1.807) is 23.1 Å². The first kappa shape index (κ1) is 16.9. The molecule has 7 nitrogen and oxygen atoms in total. The van der Waals surface area contributed by atoms with Gasteiger partial charge < -0.3 is 14.2 Å². The molecule has 2 aliphatic heterocycles. The van der Waals surface area contributed by atoms with Crippen molar-refractivity contribution in [3.8, 4) is 0 Å². The number of fused-ring (bicyclic) bond motifs is 1. The average molecular weight is 357 g/mol. The molecule has 138 valence electrons. The predicted octanol–water partition coefficient (Wildman–Crippen LogP) is 1.84. The fourth-order valence-electron chi connectivity index (χ4n) is 3.83. The Hall–Kier alpha value is -2.57. The van der Waals surface area contributed by atoms with Crippen LogP contribution >= 0.6 is 0 Å². The second-order valence-corrected chi connectivity index (χ2v) is 7.08. The van der Waals surface area contributed by atoms with Gasteiger partial charge >= 0.3 is 5.76 Å². The van der Waals surface area contributed by atoms with Crippen LogP contribution in [-0.4, -0.2) is 52.4 Å². The van der Waals surface area contributed by atoms with Crippen molar-refractivity contribution in [3.63, 3.8) is 0 Å². The molecule has 0 spiro atoms. The summed E-state index contributed by atoms with van der Waals surface area (Å²) in [4.78, 5) is 41.0. The number of hydrogen-bond donors (Lipinski definition) is 0. The number of nitrogens with zero attached hydrogens (tertiary/aromatic N) is 3. The zero-order chi connectivity index (χ0) is 18.1. The summed E-state index contributed by atoms with van der Waals surface area (Å²) in [5.74, 6) is -0.673. The van der Waals surface area contributed by atoms with Crippen LogP contribution in [0.3, 0.4) is 0 Å². The molecular formula is C19H23N3O4. The van der Waals surface area contributed by atoms with Crippen molar-refractivity contribution >= 4 is 22.9 Å². The molecule has 26 heavy (non-hydrogen) atoms. The van der Waals surface area contributed by atoms with Crippen molar-refractivity contribution < 1.29 is 14.0 Å². The van der Waals surface area contributed by atoms with Crippen LogP contribution in [0.1, 0.15) is 42.5 Å². The molecule has 0 N–H and O–H groups in total. The Balaban J connectivity index is 1.63. The molecule has 0 atom stereocenters. The van der Waals surface area contributed by atoms with Crippen molar-refractivity contribution in [2.45, 2.75) is 38.6 Å². The molecule has 1 aromatic carbocycles. The van der Waals surface area contributed by atoms with Gasteiger partial charge in [0.1, 0.15) is 6.54 Å². The first-order valence-electron chi connectivity index (χ1n) is 9.34. The summed E-state index contributed by atoms with van der Waals surface area (Å²) < 4.78 is 6.59. The third kappa shape index (κ3) is 3.13. The molecule has 2 fully saturated rings. The Morgan fingerprint density at radius 2 is 1.58 bits per heavy atom. The second-order valence-electron chi connectivity index (χ2n) is 7.08. The molecule has 0 bridgehead atoms. The number of aromatic nitrogens is 1. The van der Waals surface area contributed by atoms with E-state index < -0.39 is 5.76 Å². The topological polar surface area (TPSA) is 75.8 Å². The number of piperidine rings is 1. The van der Waals surface area contributed by atoms with Gasteiger partial charge in [0, 0.05) is 31.7 Å². The van der Waals surface area contributed by atoms with Gasteiger partial charge in [0.05, 0.1) is 5.52 Å². The summed E-state index contributed by atoms with van der Waals surface area (Å²) in [6, 6.07) is 5.01. The van der Waals surface area contributed by atoms with Gasteiger partial charge in [-0.2, -0.15) is 0 Å². The van der Waals surface area contributed by atoms with Crippen LogP contribution in [0.5, 0.6) is 0 Å². The molecule has 0 saturated carbocycles. The number of oxazole rings is 1. The fraction of sp³-hybridized carbons (Fsp3) is 0.526. The molecule has 0 unspecified atom stereocenters.